The normalized spacial score (nSPS) is 13.1. The lowest BCUT2D eigenvalue weighted by molar-refractivity contribution is -0.182. The molecule has 1 N–H and O–H groups in total. The highest BCUT2D eigenvalue weighted by Crippen LogP contribution is 2.23. The van der Waals surface area contributed by atoms with Gasteiger partial charge in [0.15, 0.2) is 0 Å². The van der Waals surface area contributed by atoms with Gasteiger partial charge in [-0.1, -0.05) is 0 Å². The van der Waals surface area contributed by atoms with E-state index in [9.17, 15) is 18.0 Å². The van der Waals surface area contributed by atoms with Gasteiger partial charge in [0.2, 0.25) is 5.91 Å². The molecule has 1 amide bonds. The van der Waals surface area contributed by atoms with Gasteiger partial charge < -0.3 is 10.1 Å². The maximum absolute atomic E-state index is 12.3. The van der Waals surface area contributed by atoms with Crippen molar-refractivity contribution in [2.45, 2.75) is 39.7 Å². The summed E-state index contributed by atoms with van der Waals surface area (Å²) in [7, 11) is 0. The number of anilines is 1. The average Bonchev–Trinajstić information content (AvgIpc) is 3.05. The molecule has 138 valence electrons. The lowest BCUT2D eigenvalue weighted by atomic mass is 10.3. The molecule has 0 fully saturated rings. The van der Waals surface area contributed by atoms with Gasteiger partial charge in [-0.2, -0.15) is 23.4 Å². The number of nitrogens with zero attached hydrogens (tertiary/aromatic N) is 4. The molecule has 7 nitrogen and oxygen atoms in total. The molecule has 0 spiro atoms. The molecule has 2 rings (SSSR count). The van der Waals surface area contributed by atoms with Crippen LogP contribution in [0.3, 0.4) is 0 Å². The molecule has 0 saturated carbocycles. The third-order valence-corrected chi connectivity index (χ3v) is 4.52. The van der Waals surface area contributed by atoms with E-state index in [0.717, 1.165) is 20.5 Å². The van der Waals surface area contributed by atoms with Gasteiger partial charge in [0, 0.05) is 0 Å². The zero-order valence-corrected chi connectivity index (χ0v) is 15.3. The molecule has 0 aromatic carbocycles. The summed E-state index contributed by atoms with van der Waals surface area (Å²) >= 11 is 3.40. The number of hydrogen-bond donors (Lipinski definition) is 1. The van der Waals surface area contributed by atoms with Crippen molar-refractivity contribution in [1.82, 2.24) is 19.6 Å². The van der Waals surface area contributed by atoms with Crippen molar-refractivity contribution < 1.29 is 22.7 Å². The summed E-state index contributed by atoms with van der Waals surface area (Å²) in [5.74, 6) is -0.325. The number of nitrogens with one attached hydrogen (secondary N) is 1. The van der Waals surface area contributed by atoms with Crippen LogP contribution in [0.15, 0.2) is 16.9 Å². The summed E-state index contributed by atoms with van der Waals surface area (Å²) in [5.41, 5.74) is 1.94. The molecule has 0 aliphatic carbocycles. The lowest BCUT2D eigenvalue weighted by Gasteiger charge is -2.13. The quantitative estimate of drug-likeness (QED) is 0.773. The first-order valence-corrected chi connectivity index (χ1v) is 8.07. The number of aromatic nitrogens is 4. The predicted molar refractivity (Wildman–Crippen MR) is 87.0 cm³/mol. The highest BCUT2D eigenvalue weighted by Gasteiger charge is 2.27. The standard InChI is InChI=1S/C14H17BrF3N5O2/c1-8-12(15)9(2)23(21-8)10(3)13(24)20-11-4-19-22(5-11)7-25-6-14(16,17)18/h4-5,10H,6-7H2,1-3H3,(H,20,24). The van der Waals surface area contributed by atoms with Crippen molar-refractivity contribution in [3.8, 4) is 0 Å². The Morgan fingerprint density at radius 3 is 2.68 bits per heavy atom. The van der Waals surface area contributed by atoms with Gasteiger partial charge in [0.05, 0.1) is 33.9 Å². The molecule has 25 heavy (non-hydrogen) atoms. The van der Waals surface area contributed by atoms with E-state index in [2.05, 4.69) is 36.2 Å². The van der Waals surface area contributed by atoms with Crippen molar-refractivity contribution in [1.29, 1.82) is 0 Å². The Hall–Kier alpha value is -1.88. The first-order valence-electron chi connectivity index (χ1n) is 7.27. The largest absolute Gasteiger partial charge is 0.411 e. The zero-order chi connectivity index (χ0) is 18.8. The Balaban J connectivity index is 1.95. The minimum Gasteiger partial charge on any atom is -0.350 e. The smallest absolute Gasteiger partial charge is 0.350 e. The monoisotopic (exact) mass is 423 g/mol. The van der Waals surface area contributed by atoms with Gasteiger partial charge in [-0.3, -0.25) is 9.48 Å². The van der Waals surface area contributed by atoms with E-state index >= 15 is 0 Å². The molecular formula is C14H17BrF3N5O2. The molecule has 1 atom stereocenters. The van der Waals surface area contributed by atoms with E-state index in [1.54, 1.807) is 11.6 Å². The molecule has 0 radical (unpaired) electrons. The highest BCUT2D eigenvalue weighted by atomic mass is 79.9. The Bertz CT molecular complexity index is 756. The molecule has 2 heterocycles. The van der Waals surface area contributed by atoms with Gasteiger partial charge in [-0.15, -0.1) is 0 Å². The number of halogens is 4. The van der Waals surface area contributed by atoms with Crippen molar-refractivity contribution in [2.24, 2.45) is 0 Å². The minimum absolute atomic E-state index is 0.325. The zero-order valence-electron chi connectivity index (χ0n) is 13.8. The molecule has 2 aromatic heterocycles. The molecule has 2 aromatic rings. The fraction of sp³-hybridized carbons (Fsp3) is 0.500. The SMILES string of the molecule is Cc1nn(C(C)C(=O)Nc2cnn(COCC(F)(F)F)c2)c(C)c1Br. The van der Waals surface area contributed by atoms with Crippen molar-refractivity contribution in [3.05, 3.63) is 28.3 Å². The molecule has 0 bridgehead atoms. The van der Waals surface area contributed by atoms with Crippen LogP contribution in [0, 0.1) is 13.8 Å². The van der Waals surface area contributed by atoms with E-state index in [4.69, 9.17) is 0 Å². The Morgan fingerprint density at radius 1 is 1.44 bits per heavy atom. The van der Waals surface area contributed by atoms with E-state index in [1.165, 1.54) is 12.4 Å². The average molecular weight is 424 g/mol. The second-order valence-electron chi connectivity index (χ2n) is 5.46. The summed E-state index contributed by atoms with van der Waals surface area (Å²) in [6.07, 6.45) is -1.68. The topological polar surface area (TPSA) is 74.0 Å². The number of carbonyl (C=O) groups excluding carboxylic acids is 1. The van der Waals surface area contributed by atoms with Crippen LogP contribution in [0.25, 0.3) is 0 Å². The maximum Gasteiger partial charge on any atom is 0.411 e. The van der Waals surface area contributed by atoms with Gasteiger partial charge in [-0.05, 0) is 36.7 Å². The summed E-state index contributed by atoms with van der Waals surface area (Å²) in [4.78, 5) is 12.3. The van der Waals surface area contributed by atoms with Gasteiger partial charge in [-0.25, -0.2) is 4.68 Å². The number of hydrogen-bond acceptors (Lipinski definition) is 4. The second kappa shape index (κ2) is 7.56. The number of aryl methyl sites for hydroxylation is 1. The second-order valence-corrected chi connectivity index (χ2v) is 6.25. The number of rotatable bonds is 6. The maximum atomic E-state index is 12.3. The van der Waals surface area contributed by atoms with Crippen LogP contribution in [-0.2, 0) is 16.3 Å². The molecule has 0 saturated heterocycles. The van der Waals surface area contributed by atoms with Gasteiger partial charge in [0.1, 0.15) is 19.4 Å². The molecule has 0 aliphatic rings. The van der Waals surface area contributed by atoms with Gasteiger partial charge >= 0.3 is 6.18 Å². The first kappa shape index (κ1) is 19.4. The Labute approximate surface area is 150 Å². The van der Waals surface area contributed by atoms with Crippen LogP contribution in [0.5, 0.6) is 0 Å². The van der Waals surface area contributed by atoms with Crippen LogP contribution in [0.1, 0.15) is 24.4 Å². The van der Waals surface area contributed by atoms with Crippen LogP contribution in [0.2, 0.25) is 0 Å². The summed E-state index contributed by atoms with van der Waals surface area (Å²) < 4.78 is 44.2. The van der Waals surface area contributed by atoms with E-state index in [1.807, 2.05) is 13.8 Å². The molecule has 0 aliphatic heterocycles. The Morgan fingerprint density at radius 2 is 2.12 bits per heavy atom. The third-order valence-electron chi connectivity index (χ3n) is 3.37. The van der Waals surface area contributed by atoms with Crippen molar-refractivity contribution in [2.75, 3.05) is 11.9 Å². The number of carbonyl (C=O) groups is 1. The van der Waals surface area contributed by atoms with E-state index < -0.39 is 18.8 Å². The van der Waals surface area contributed by atoms with Crippen molar-refractivity contribution >= 4 is 27.5 Å². The lowest BCUT2D eigenvalue weighted by Crippen LogP contribution is -2.25. The summed E-state index contributed by atoms with van der Waals surface area (Å²) in [5, 5.41) is 10.8. The minimum atomic E-state index is -4.40. The highest BCUT2D eigenvalue weighted by molar-refractivity contribution is 9.10. The summed E-state index contributed by atoms with van der Waals surface area (Å²) in [6.45, 7) is 3.62. The van der Waals surface area contributed by atoms with Crippen molar-refractivity contribution in [3.63, 3.8) is 0 Å². The van der Waals surface area contributed by atoms with Gasteiger partial charge in [0.25, 0.3) is 0 Å². The predicted octanol–water partition coefficient (Wildman–Crippen LogP) is 3.20. The van der Waals surface area contributed by atoms with E-state index in [-0.39, 0.29) is 12.6 Å². The van der Waals surface area contributed by atoms with Crippen LogP contribution >= 0.6 is 15.9 Å². The van der Waals surface area contributed by atoms with E-state index in [0.29, 0.717) is 5.69 Å². The Kier molecular flexibility index (Phi) is 5.88. The first-order chi connectivity index (χ1) is 11.6. The number of alkyl halides is 3. The molecule has 1 unspecified atom stereocenters. The van der Waals surface area contributed by atoms with Crippen LogP contribution in [0.4, 0.5) is 18.9 Å². The fourth-order valence-electron chi connectivity index (χ4n) is 2.13. The number of amides is 1. The fourth-order valence-corrected chi connectivity index (χ4v) is 2.39. The number of ether oxygens (including phenoxy) is 1. The third kappa shape index (κ3) is 5.05. The van der Waals surface area contributed by atoms with Crippen LogP contribution in [-0.4, -0.2) is 38.3 Å². The summed E-state index contributed by atoms with van der Waals surface area (Å²) in [6, 6.07) is -0.574. The van der Waals surface area contributed by atoms with Crippen LogP contribution < -0.4 is 5.32 Å². The molecule has 11 heteroatoms. The molecular weight excluding hydrogens is 407 g/mol.